The van der Waals surface area contributed by atoms with E-state index in [9.17, 15) is 9.90 Å². The van der Waals surface area contributed by atoms with E-state index in [1.807, 2.05) is 18.2 Å². The molecule has 0 unspecified atom stereocenters. The van der Waals surface area contributed by atoms with E-state index in [1.165, 1.54) is 10.7 Å². The number of fused-ring (bicyclic) bond motifs is 1. The molecule has 0 aliphatic rings. The van der Waals surface area contributed by atoms with E-state index in [0.29, 0.717) is 17.4 Å². The Kier molecular flexibility index (Phi) is 2.72. The van der Waals surface area contributed by atoms with Crippen LogP contribution < -0.4 is 11.0 Å². The zero-order valence-corrected chi connectivity index (χ0v) is 10.0. The topological polar surface area (TPSA) is 67.4 Å². The number of aromatic hydroxyl groups is 1. The molecule has 5 heteroatoms. The standard InChI is InChI=1S/C14H12N2O3/c17-13-8-14(18)16(12-6-2-1-5-11(12)13)15-9-10-4-3-7-19-10/h1-8,15,17H,9H2. The summed E-state index contributed by atoms with van der Waals surface area (Å²) in [5, 5.41) is 10.4. The second kappa shape index (κ2) is 4.53. The summed E-state index contributed by atoms with van der Waals surface area (Å²) in [5.74, 6) is 0.709. The molecule has 0 spiro atoms. The van der Waals surface area contributed by atoms with Crippen molar-refractivity contribution in [1.29, 1.82) is 0 Å². The summed E-state index contributed by atoms with van der Waals surface area (Å²) in [7, 11) is 0. The van der Waals surface area contributed by atoms with Crippen LogP contribution in [0.2, 0.25) is 0 Å². The number of pyridine rings is 1. The zero-order chi connectivity index (χ0) is 13.2. The van der Waals surface area contributed by atoms with Gasteiger partial charge in [0.15, 0.2) is 0 Å². The third-order valence-electron chi connectivity index (χ3n) is 2.89. The molecule has 19 heavy (non-hydrogen) atoms. The molecule has 0 saturated carbocycles. The zero-order valence-electron chi connectivity index (χ0n) is 10.0. The van der Waals surface area contributed by atoms with Gasteiger partial charge in [-0.25, -0.2) is 4.68 Å². The second-order valence-corrected chi connectivity index (χ2v) is 4.13. The van der Waals surface area contributed by atoms with Gasteiger partial charge in [0.1, 0.15) is 11.5 Å². The molecular weight excluding hydrogens is 244 g/mol. The van der Waals surface area contributed by atoms with Crippen LogP contribution in [0.5, 0.6) is 5.75 Å². The van der Waals surface area contributed by atoms with Crippen molar-refractivity contribution in [2.45, 2.75) is 6.54 Å². The molecule has 3 rings (SSSR count). The molecule has 0 bridgehead atoms. The SMILES string of the molecule is O=c1cc(O)c2ccccc2n1NCc1ccco1. The molecule has 0 saturated heterocycles. The van der Waals surface area contributed by atoms with E-state index in [4.69, 9.17) is 4.42 Å². The normalized spacial score (nSPS) is 10.7. The van der Waals surface area contributed by atoms with Crippen molar-refractivity contribution in [3.63, 3.8) is 0 Å². The molecule has 0 fully saturated rings. The first kappa shape index (κ1) is 11.4. The summed E-state index contributed by atoms with van der Waals surface area (Å²) in [6, 6.07) is 11.9. The molecule has 0 atom stereocenters. The number of rotatable bonds is 3. The summed E-state index contributed by atoms with van der Waals surface area (Å²) in [6.45, 7) is 0.391. The van der Waals surface area contributed by atoms with Gasteiger partial charge in [-0.15, -0.1) is 0 Å². The summed E-state index contributed by atoms with van der Waals surface area (Å²) in [4.78, 5) is 11.9. The maximum Gasteiger partial charge on any atom is 0.273 e. The highest BCUT2D eigenvalue weighted by Gasteiger charge is 2.07. The number of hydrogen-bond acceptors (Lipinski definition) is 4. The predicted molar refractivity (Wildman–Crippen MR) is 71.6 cm³/mol. The maximum atomic E-state index is 11.9. The highest BCUT2D eigenvalue weighted by atomic mass is 16.3. The number of para-hydroxylation sites is 1. The van der Waals surface area contributed by atoms with Crippen LogP contribution in [0.15, 0.2) is 57.9 Å². The minimum absolute atomic E-state index is 0.0170. The predicted octanol–water partition coefficient (Wildman–Crippen LogP) is 2.04. The molecule has 0 aliphatic heterocycles. The quantitative estimate of drug-likeness (QED) is 0.752. The van der Waals surface area contributed by atoms with Crippen molar-refractivity contribution < 1.29 is 9.52 Å². The molecule has 96 valence electrons. The molecule has 0 aliphatic carbocycles. The fourth-order valence-electron chi connectivity index (χ4n) is 2.00. The molecular formula is C14H12N2O3. The summed E-state index contributed by atoms with van der Waals surface area (Å²) in [5.41, 5.74) is 3.29. The van der Waals surface area contributed by atoms with Crippen molar-refractivity contribution >= 4 is 10.9 Å². The lowest BCUT2D eigenvalue weighted by Gasteiger charge is -2.12. The first-order valence-electron chi connectivity index (χ1n) is 5.86. The van der Waals surface area contributed by atoms with Crippen LogP contribution in [0.1, 0.15) is 5.76 Å². The highest BCUT2D eigenvalue weighted by Crippen LogP contribution is 2.21. The number of furan rings is 1. The largest absolute Gasteiger partial charge is 0.507 e. The number of nitrogens with zero attached hydrogens (tertiary/aromatic N) is 1. The number of nitrogens with one attached hydrogen (secondary N) is 1. The van der Waals surface area contributed by atoms with Gasteiger partial charge in [-0.2, -0.15) is 0 Å². The van der Waals surface area contributed by atoms with Crippen LogP contribution in [0, 0.1) is 0 Å². The highest BCUT2D eigenvalue weighted by molar-refractivity contribution is 5.85. The Balaban J connectivity index is 2.05. The first-order valence-corrected chi connectivity index (χ1v) is 5.86. The third kappa shape index (κ3) is 2.06. The molecule has 0 amide bonds. The molecule has 5 nitrogen and oxygen atoms in total. The summed E-state index contributed by atoms with van der Waals surface area (Å²) < 4.78 is 6.60. The average Bonchev–Trinajstić information content (AvgIpc) is 2.92. The fraction of sp³-hybridized carbons (Fsp3) is 0.0714. The van der Waals surface area contributed by atoms with Gasteiger partial charge in [-0.1, -0.05) is 12.1 Å². The van der Waals surface area contributed by atoms with E-state index >= 15 is 0 Å². The van der Waals surface area contributed by atoms with Gasteiger partial charge < -0.3 is 14.9 Å². The Morgan fingerprint density at radius 2 is 2.05 bits per heavy atom. The first-order chi connectivity index (χ1) is 9.25. The van der Waals surface area contributed by atoms with Gasteiger partial charge in [-0.3, -0.25) is 4.79 Å². The van der Waals surface area contributed by atoms with Crippen LogP contribution in [-0.4, -0.2) is 9.78 Å². The van der Waals surface area contributed by atoms with E-state index in [0.717, 1.165) is 5.76 Å². The Morgan fingerprint density at radius 1 is 1.21 bits per heavy atom. The summed E-state index contributed by atoms with van der Waals surface area (Å²) in [6.07, 6.45) is 1.58. The Bertz CT molecular complexity index is 760. The van der Waals surface area contributed by atoms with Gasteiger partial charge in [0.2, 0.25) is 0 Å². The van der Waals surface area contributed by atoms with E-state index in [1.54, 1.807) is 24.5 Å². The van der Waals surface area contributed by atoms with Gasteiger partial charge in [0, 0.05) is 11.5 Å². The lowest BCUT2D eigenvalue weighted by molar-refractivity contribution is 0.479. The monoisotopic (exact) mass is 256 g/mol. The van der Waals surface area contributed by atoms with E-state index in [-0.39, 0.29) is 11.3 Å². The lowest BCUT2D eigenvalue weighted by Crippen LogP contribution is -2.28. The van der Waals surface area contributed by atoms with Gasteiger partial charge >= 0.3 is 0 Å². The minimum Gasteiger partial charge on any atom is -0.507 e. The lowest BCUT2D eigenvalue weighted by atomic mass is 10.2. The van der Waals surface area contributed by atoms with Crippen LogP contribution in [0.4, 0.5) is 0 Å². The van der Waals surface area contributed by atoms with Gasteiger partial charge in [0.25, 0.3) is 5.56 Å². The van der Waals surface area contributed by atoms with E-state index < -0.39 is 0 Å². The van der Waals surface area contributed by atoms with Crippen molar-refractivity contribution in [3.8, 4) is 5.75 Å². The second-order valence-electron chi connectivity index (χ2n) is 4.13. The molecule has 2 N–H and O–H groups in total. The van der Waals surface area contributed by atoms with Crippen molar-refractivity contribution in [1.82, 2.24) is 4.68 Å². The Labute approximate surface area is 108 Å². The molecule has 1 aromatic carbocycles. The number of benzene rings is 1. The van der Waals surface area contributed by atoms with Crippen molar-refractivity contribution in [2.24, 2.45) is 0 Å². The average molecular weight is 256 g/mol. The smallest absolute Gasteiger partial charge is 0.273 e. The van der Waals surface area contributed by atoms with E-state index in [2.05, 4.69) is 5.43 Å². The van der Waals surface area contributed by atoms with Crippen LogP contribution >= 0.6 is 0 Å². The maximum absolute atomic E-state index is 11.9. The minimum atomic E-state index is -0.317. The molecule has 2 aromatic heterocycles. The van der Waals surface area contributed by atoms with Crippen molar-refractivity contribution in [3.05, 3.63) is 64.8 Å². The van der Waals surface area contributed by atoms with Crippen LogP contribution in [0.3, 0.4) is 0 Å². The number of hydrogen-bond donors (Lipinski definition) is 2. The van der Waals surface area contributed by atoms with Crippen LogP contribution in [0.25, 0.3) is 10.9 Å². The van der Waals surface area contributed by atoms with Crippen LogP contribution in [-0.2, 0) is 6.54 Å². The molecule has 0 radical (unpaired) electrons. The van der Waals surface area contributed by atoms with Gasteiger partial charge in [-0.05, 0) is 24.3 Å². The summed E-state index contributed by atoms with van der Waals surface area (Å²) >= 11 is 0. The molecule has 2 heterocycles. The van der Waals surface area contributed by atoms with Crippen molar-refractivity contribution in [2.75, 3.05) is 5.43 Å². The fourth-order valence-corrected chi connectivity index (χ4v) is 2.00. The third-order valence-corrected chi connectivity index (χ3v) is 2.89. The van der Waals surface area contributed by atoms with Gasteiger partial charge in [0.05, 0.1) is 18.3 Å². The number of aromatic nitrogens is 1. The Hall–Kier alpha value is -2.69. The Morgan fingerprint density at radius 3 is 2.84 bits per heavy atom. The molecule has 3 aromatic rings.